The molecule has 8 heteroatoms. The van der Waals surface area contributed by atoms with Crippen molar-refractivity contribution in [1.29, 1.82) is 0 Å². The van der Waals surface area contributed by atoms with Gasteiger partial charge in [0, 0.05) is 25.2 Å². The van der Waals surface area contributed by atoms with Gasteiger partial charge in [-0.15, -0.1) is 0 Å². The number of hydrogen-bond donors (Lipinski definition) is 2. The number of ether oxygens (including phenoxy) is 4. The SMILES string of the molecule is CCCCCCCCCCCCOCC(CCCCCCCOCCCCCC)(COCC[NH+](C)C)COCC[NH+](C)C.[Cl-].[Cl-]. The van der Waals surface area contributed by atoms with E-state index in [4.69, 9.17) is 18.9 Å². The summed E-state index contributed by atoms with van der Waals surface area (Å²) in [6, 6.07) is 0. The molecule has 0 saturated carbocycles. The minimum atomic E-state index is -0.0522. The molecule has 2 N–H and O–H groups in total. The zero-order chi connectivity index (χ0) is 31.7. The van der Waals surface area contributed by atoms with Crippen molar-refractivity contribution in [2.75, 3.05) is 94.1 Å². The molecule has 0 aliphatic rings. The predicted molar refractivity (Wildman–Crippen MR) is 185 cm³/mol. The Labute approximate surface area is 294 Å². The fraction of sp³-hybridized carbons (Fsp3) is 1.00. The van der Waals surface area contributed by atoms with E-state index in [0.29, 0.717) is 0 Å². The number of likely N-dealkylation sites (N-methyl/N-ethyl adjacent to an activating group) is 2. The van der Waals surface area contributed by atoms with E-state index in [1.54, 1.807) is 0 Å². The monoisotopic (exact) mass is 687 g/mol. The van der Waals surface area contributed by atoms with Crippen molar-refractivity contribution in [2.45, 2.75) is 142 Å². The third-order valence-electron chi connectivity index (χ3n) is 8.50. The molecule has 0 aromatic rings. The van der Waals surface area contributed by atoms with Crippen LogP contribution >= 0.6 is 0 Å². The first-order chi connectivity index (χ1) is 21.0. The minimum absolute atomic E-state index is 0. The maximum Gasteiger partial charge on any atom is 0.100 e. The molecule has 0 atom stereocenters. The number of unbranched alkanes of at least 4 members (excludes halogenated alkanes) is 16. The van der Waals surface area contributed by atoms with Crippen molar-refractivity contribution >= 4 is 0 Å². The van der Waals surface area contributed by atoms with Crippen molar-refractivity contribution in [3.05, 3.63) is 0 Å². The molecule has 0 aromatic carbocycles. The van der Waals surface area contributed by atoms with Gasteiger partial charge in [-0.3, -0.25) is 0 Å². The van der Waals surface area contributed by atoms with E-state index in [1.165, 1.54) is 132 Å². The lowest BCUT2D eigenvalue weighted by Gasteiger charge is -2.33. The Morgan fingerprint density at radius 3 is 1.09 bits per heavy atom. The summed E-state index contributed by atoms with van der Waals surface area (Å²) in [6.45, 7) is 13.1. The lowest BCUT2D eigenvalue weighted by atomic mass is 9.84. The molecule has 0 saturated heterocycles. The molecule has 0 rings (SSSR count). The van der Waals surface area contributed by atoms with Crippen molar-refractivity contribution in [3.63, 3.8) is 0 Å². The molecule has 0 heterocycles. The fourth-order valence-corrected chi connectivity index (χ4v) is 5.42. The second kappa shape index (κ2) is 38.8. The Morgan fingerprint density at radius 2 is 0.689 bits per heavy atom. The van der Waals surface area contributed by atoms with Crippen LogP contribution in [0.3, 0.4) is 0 Å². The largest absolute Gasteiger partial charge is 1.00 e. The minimum Gasteiger partial charge on any atom is -1.00 e. The molecule has 0 aromatic heterocycles. The van der Waals surface area contributed by atoms with Crippen LogP contribution in [0.25, 0.3) is 0 Å². The first-order valence-electron chi connectivity index (χ1n) is 18.8. The summed E-state index contributed by atoms with van der Waals surface area (Å²) in [5.74, 6) is 0. The highest BCUT2D eigenvalue weighted by Crippen LogP contribution is 2.28. The topological polar surface area (TPSA) is 45.8 Å². The van der Waals surface area contributed by atoms with Gasteiger partial charge < -0.3 is 53.6 Å². The van der Waals surface area contributed by atoms with Crippen LogP contribution in [0.2, 0.25) is 0 Å². The van der Waals surface area contributed by atoms with Crippen molar-refractivity contribution in [3.8, 4) is 0 Å². The quantitative estimate of drug-likeness (QED) is 0.0924. The molecule has 0 amide bonds. The van der Waals surface area contributed by atoms with E-state index in [1.807, 2.05) is 0 Å². The van der Waals surface area contributed by atoms with Crippen LogP contribution in [-0.4, -0.2) is 94.1 Å². The average Bonchev–Trinajstić information content (AvgIpc) is 2.98. The number of halogens is 2. The van der Waals surface area contributed by atoms with Crippen molar-refractivity contribution < 1.29 is 53.6 Å². The smallest absolute Gasteiger partial charge is 0.100 e. The van der Waals surface area contributed by atoms with E-state index in [-0.39, 0.29) is 30.2 Å². The molecule has 0 aliphatic carbocycles. The van der Waals surface area contributed by atoms with E-state index in [2.05, 4.69) is 42.0 Å². The van der Waals surface area contributed by atoms with Crippen LogP contribution < -0.4 is 34.6 Å². The lowest BCUT2D eigenvalue weighted by molar-refractivity contribution is -0.858. The first kappa shape index (κ1) is 49.7. The summed E-state index contributed by atoms with van der Waals surface area (Å²) in [5.41, 5.74) is -0.0522. The molecule has 0 radical (unpaired) electrons. The molecule has 6 nitrogen and oxygen atoms in total. The highest BCUT2D eigenvalue weighted by molar-refractivity contribution is 4.80. The highest BCUT2D eigenvalue weighted by atomic mass is 35.5. The van der Waals surface area contributed by atoms with Gasteiger partial charge in [0.25, 0.3) is 0 Å². The molecule has 0 spiro atoms. The lowest BCUT2D eigenvalue weighted by Crippen LogP contribution is -3.06. The number of rotatable bonds is 36. The molecule has 0 fully saturated rings. The van der Waals surface area contributed by atoms with Gasteiger partial charge in [0.15, 0.2) is 0 Å². The van der Waals surface area contributed by atoms with Gasteiger partial charge in [0.1, 0.15) is 13.1 Å². The van der Waals surface area contributed by atoms with Crippen LogP contribution in [0, 0.1) is 5.41 Å². The Morgan fingerprint density at radius 1 is 0.378 bits per heavy atom. The van der Waals surface area contributed by atoms with Crippen LogP contribution in [0.15, 0.2) is 0 Å². The summed E-state index contributed by atoms with van der Waals surface area (Å²) in [4.78, 5) is 2.86. The molecule has 0 bridgehead atoms. The summed E-state index contributed by atoms with van der Waals surface area (Å²) >= 11 is 0. The normalized spacial score (nSPS) is 11.7. The maximum atomic E-state index is 6.40. The van der Waals surface area contributed by atoms with Crippen molar-refractivity contribution in [1.82, 2.24) is 0 Å². The fourth-order valence-electron chi connectivity index (χ4n) is 5.42. The summed E-state index contributed by atoms with van der Waals surface area (Å²) in [5, 5.41) is 0. The molecular weight excluding hydrogens is 607 g/mol. The Hall–Kier alpha value is 0.340. The summed E-state index contributed by atoms with van der Waals surface area (Å²) < 4.78 is 24.8. The number of quaternary nitrogens is 2. The second-order valence-electron chi connectivity index (χ2n) is 13.9. The predicted octanol–water partition coefficient (Wildman–Crippen LogP) is 0.178. The molecular formula is C37H80Cl2N2O4. The van der Waals surface area contributed by atoms with Crippen LogP contribution in [0.4, 0.5) is 0 Å². The van der Waals surface area contributed by atoms with Crippen LogP contribution in [-0.2, 0) is 18.9 Å². The zero-order valence-corrected chi connectivity index (χ0v) is 32.6. The molecule has 0 aliphatic heterocycles. The molecule has 45 heavy (non-hydrogen) atoms. The Balaban J connectivity index is -0.00000882. The summed E-state index contributed by atoms with van der Waals surface area (Å²) in [7, 11) is 8.76. The van der Waals surface area contributed by atoms with Gasteiger partial charge in [0.05, 0.1) is 61.2 Å². The zero-order valence-electron chi connectivity index (χ0n) is 31.1. The third kappa shape index (κ3) is 37.0. The Bertz CT molecular complexity index is 499. The Kier molecular flexibility index (Phi) is 42.9. The average molecular weight is 688 g/mol. The first-order valence-corrected chi connectivity index (χ1v) is 18.8. The number of hydrogen-bond acceptors (Lipinski definition) is 4. The van der Waals surface area contributed by atoms with Crippen LogP contribution in [0.1, 0.15) is 142 Å². The number of nitrogens with one attached hydrogen (secondary N) is 2. The summed E-state index contributed by atoms with van der Waals surface area (Å²) in [6.07, 6.45) is 26.0. The van der Waals surface area contributed by atoms with Gasteiger partial charge in [-0.2, -0.15) is 0 Å². The maximum absolute atomic E-state index is 6.40. The van der Waals surface area contributed by atoms with E-state index in [9.17, 15) is 0 Å². The molecule has 0 unspecified atom stereocenters. The van der Waals surface area contributed by atoms with Gasteiger partial charge in [-0.05, 0) is 25.7 Å². The van der Waals surface area contributed by atoms with Gasteiger partial charge >= 0.3 is 0 Å². The van der Waals surface area contributed by atoms with E-state index in [0.717, 1.165) is 72.4 Å². The van der Waals surface area contributed by atoms with Crippen molar-refractivity contribution in [2.24, 2.45) is 5.41 Å². The van der Waals surface area contributed by atoms with E-state index >= 15 is 0 Å². The van der Waals surface area contributed by atoms with E-state index < -0.39 is 0 Å². The highest BCUT2D eigenvalue weighted by Gasteiger charge is 2.31. The van der Waals surface area contributed by atoms with Gasteiger partial charge in [-0.1, -0.05) is 117 Å². The van der Waals surface area contributed by atoms with Crippen LogP contribution in [0.5, 0.6) is 0 Å². The standard InChI is InChI=1S/C37H78N2O4.2ClH/c1-7-9-11-13-14-15-16-17-20-25-31-41-34-37(35-42-32-27-38(3)4,36-43-33-28-39(5)6)26-22-19-18-21-24-30-40-29-23-12-10-8-2;;/h7-36H2,1-6H3;2*1H. The van der Waals surface area contributed by atoms with Gasteiger partial charge in [0.2, 0.25) is 0 Å². The van der Waals surface area contributed by atoms with Gasteiger partial charge in [-0.25, -0.2) is 0 Å². The third-order valence-corrected chi connectivity index (χ3v) is 8.50. The molecule has 276 valence electrons. The second-order valence-corrected chi connectivity index (χ2v) is 13.9.